The molecule has 6 heteroatoms. The van der Waals surface area contributed by atoms with Crippen molar-refractivity contribution >= 4 is 41.9 Å². The van der Waals surface area contributed by atoms with Crippen molar-refractivity contribution in [3.8, 4) is 5.75 Å². The van der Waals surface area contributed by atoms with E-state index in [1.165, 1.54) is 5.19 Å². The monoisotopic (exact) mass is 402 g/mol. The molecule has 0 atom stereocenters. The van der Waals surface area contributed by atoms with Crippen LogP contribution in [0.1, 0.15) is 40.2 Å². The predicted molar refractivity (Wildman–Crippen MR) is 101 cm³/mol. The van der Waals surface area contributed by atoms with E-state index < -0.39 is 26.4 Å². The van der Waals surface area contributed by atoms with Crippen molar-refractivity contribution in [3.05, 3.63) is 23.8 Å². The summed E-state index contributed by atoms with van der Waals surface area (Å²) in [7, 11) is -1.61. The molecular weight excluding hydrogens is 374 g/mol. The van der Waals surface area contributed by atoms with Gasteiger partial charge < -0.3 is 0 Å². The quantitative estimate of drug-likeness (QED) is 0.601. The number of hydrogen-bond acceptors (Lipinski definition) is 1. The Hall–Kier alpha value is 0.331. The molecule has 0 amide bonds. The fourth-order valence-corrected chi connectivity index (χ4v) is 4.59. The van der Waals surface area contributed by atoms with E-state index in [2.05, 4.69) is 52.9 Å². The van der Waals surface area contributed by atoms with E-state index in [9.17, 15) is 3.09 Å². The molecule has 0 radical (unpaired) electrons. The normalized spacial score (nSPS) is 11.1. The van der Waals surface area contributed by atoms with Gasteiger partial charge in [0.05, 0.1) is 0 Å². The third-order valence-electron chi connectivity index (χ3n) is 4.25. The summed E-state index contributed by atoms with van der Waals surface area (Å²) >= 11 is -2.98. The molecule has 1 rings (SSSR count). The molecule has 0 heterocycles. The first-order chi connectivity index (χ1) is 8.95. The van der Waals surface area contributed by atoms with Gasteiger partial charge in [-0.15, -0.1) is 24.8 Å². The maximum absolute atomic E-state index is 13.9. The molecule has 0 fully saturated rings. The molecule has 1 aromatic carbocycles. The van der Waals surface area contributed by atoms with Crippen molar-refractivity contribution in [2.24, 2.45) is 0 Å². The van der Waals surface area contributed by atoms with Gasteiger partial charge in [-0.1, -0.05) is 0 Å². The minimum atomic E-state index is -2.98. The second kappa shape index (κ2) is 8.98. The molecule has 0 unspecified atom stereocenters. The van der Waals surface area contributed by atoms with Gasteiger partial charge in [0.15, 0.2) is 0 Å². The van der Waals surface area contributed by atoms with Crippen molar-refractivity contribution in [3.63, 3.8) is 0 Å². The van der Waals surface area contributed by atoms with Gasteiger partial charge in [-0.2, -0.15) is 0 Å². The first-order valence-corrected chi connectivity index (χ1v) is 12.1. The van der Waals surface area contributed by atoms with Crippen LogP contribution in [0, 0.1) is 6.92 Å². The van der Waals surface area contributed by atoms with Gasteiger partial charge in [0.1, 0.15) is 0 Å². The Morgan fingerprint density at radius 1 is 1.09 bits per heavy atom. The maximum Gasteiger partial charge on any atom is -0.147 e. The smallest absolute Gasteiger partial charge is 0.147 e. The zero-order chi connectivity index (χ0) is 15.7. The van der Waals surface area contributed by atoms with E-state index in [1.807, 2.05) is 19.9 Å². The molecule has 22 heavy (non-hydrogen) atoms. The second-order valence-electron chi connectivity index (χ2n) is 7.29. The zero-order valence-corrected chi connectivity index (χ0v) is 19.0. The van der Waals surface area contributed by atoms with Crippen LogP contribution in [-0.4, -0.2) is 11.9 Å². The topological polar surface area (TPSA) is 9.23 Å². The minimum Gasteiger partial charge on any atom is -0.147 e. The van der Waals surface area contributed by atoms with Crippen molar-refractivity contribution < 1.29 is 24.7 Å². The molecule has 0 aliphatic rings. The summed E-state index contributed by atoms with van der Waals surface area (Å²) in [5.74, 6) is 0.712. The molecule has 0 aliphatic carbocycles. The molecular formula is C16H29Cl2FOSiTi. The molecule has 0 bridgehead atoms. The Morgan fingerprint density at radius 3 is 2.00 bits per heavy atom. The van der Waals surface area contributed by atoms with Crippen LogP contribution in [-0.2, 0) is 18.3 Å². The molecule has 0 saturated carbocycles. The van der Waals surface area contributed by atoms with Gasteiger partial charge >= 0.3 is 131 Å². The number of rotatable bonds is 3. The van der Waals surface area contributed by atoms with Crippen LogP contribution in [0.5, 0.6) is 5.75 Å². The Balaban J connectivity index is 0. The summed E-state index contributed by atoms with van der Waals surface area (Å²) in [6, 6.07) is 6.26. The summed E-state index contributed by atoms with van der Waals surface area (Å²) in [6.45, 7) is 17.3. The number of aryl methyl sites for hydroxylation is 1. The van der Waals surface area contributed by atoms with E-state index in [0.29, 0.717) is 5.75 Å². The SMILES string of the molecule is C[C](C)=[Ti]([F])[O]c1cc(C)cc([Si](C)(C)C(C)(C)C)c1.Cl.Cl. The summed E-state index contributed by atoms with van der Waals surface area (Å²) in [6.07, 6.45) is 0. The van der Waals surface area contributed by atoms with E-state index >= 15 is 0 Å². The average molecular weight is 403 g/mol. The fourth-order valence-electron chi connectivity index (χ4n) is 1.81. The van der Waals surface area contributed by atoms with Crippen LogP contribution in [0.4, 0.5) is 3.09 Å². The number of halogens is 3. The van der Waals surface area contributed by atoms with E-state index in [4.69, 9.17) is 3.32 Å². The van der Waals surface area contributed by atoms with Gasteiger partial charge in [0.25, 0.3) is 0 Å². The summed E-state index contributed by atoms with van der Waals surface area (Å²) < 4.78 is 20.3. The van der Waals surface area contributed by atoms with Gasteiger partial charge in [0.2, 0.25) is 0 Å². The van der Waals surface area contributed by atoms with Gasteiger partial charge in [-0.05, 0) is 0 Å². The van der Waals surface area contributed by atoms with E-state index in [0.717, 1.165) is 9.37 Å². The largest absolute Gasteiger partial charge is 0.147 e. The molecule has 1 aromatic rings. The van der Waals surface area contributed by atoms with E-state index in [-0.39, 0.29) is 29.9 Å². The van der Waals surface area contributed by atoms with Gasteiger partial charge in [0, 0.05) is 0 Å². The Morgan fingerprint density at radius 2 is 1.59 bits per heavy atom. The number of hydrogen-bond donors (Lipinski definition) is 0. The first-order valence-electron chi connectivity index (χ1n) is 7.08. The average Bonchev–Trinajstić information content (AvgIpc) is 2.26. The van der Waals surface area contributed by atoms with Crippen LogP contribution < -0.4 is 8.51 Å². The van der Waals surface area contributed by atoms with Crippen molar-refractivity contribution in [1.29, 1.82) is 0 Å². The minimum absolute atomic E-state index is 0. The first kappa shape index (κ1) is 24.6. The zero-order valence-electron chi connectivity index (χ0n) is 14.8. The summed E-state index contributed by atoms with van der Waals surface area (Å²) in [4.78, 5) is 0. The van der Waals surface area contributed by atoms with Crippen LogP contribution >= 0.6 is 24.8 Å². The fraction of sp³-hybridized carbons (Fsp3) is 0.562. The maximum atomic E-state index is 13.9. The van der Waals surface area contributed by atoms with Crippen LogP contribution in [0.15, 0.2) is 18.2 Å². The van der Waals surface area contributed by atoms with Crippen LogP contribution in [0.25, 0.3) is 0 Å². The third kappa shape index (κ3) is 6.09. The molecule has 0 aliphatic heterocycles. The summed E-state index contributed by atoms with van der Waals surface area (Å²) in [5, 5.41) is 1.61. The van der Waals surface area contributed by atoms with Crippen molar-refractivity contribution in [2.45, 2.75) is 59.7 Å². The Labute approximate surface area is 155 Å². The molecule has 0 spiro atoms. The van der Waals surface area contributed by atoms with Gasteiger partial charge in [-0.3, -0.25) is 0 Å². The predicted octanol–water partition coefficient (Wildman–Crippen LogP) is 5.56. The van der Waals surface area contributed by atoms with E-state index in [1.54, 1.807) is 0 Å². The Bertz CT molecular complexity index is 535. The van der Waals surface area contributed by atoms with Crippen LogP contribution in [0.2, 0.25) is 18.1 Å². The molecule has 128 valence electrons. The standard InChI is InChI=1S/C13H22OSi.C3H6.2ClH.FH.Ti/c1-10-7-11(14)9-12(8-10)15(5,6)13(2,3)4;1-3-2;;;;/h7-9,14H,1-6H3;1-2H3;3*1H;/q;;;;;+2/p-2. The van der Waals surface area contributed by atoms with Gasteiger partial charge in [-0.25, -0.2) is 0 Å². The molecule has 1 nitrogen and oxygen atoms in total. The van der Waals surface area contributed by atoms with Crippen LogP contribution in [0.3, 0.4) is 0 Å². The Kier molecular flexibility index (Phi) is 10.0. The molecule has 0 N–H and O–H groups in total. The van der Waals surface area contributed by atoms with Crippen molar-refractivity contribution in [2.75, 3.05) is 0 Å². The number of benzene rings is 1. The third-order valence-corrected chi connectivity index (χ3v) is 11.6. The molecule has 0 saturated heterocycles. The molecule has 0 aromatic heterocycles. The summed E-state index contributed by atoms with van der Waals surface area (Å²) in [5.41, 5.74) is 1.15. The second-order valence-corrected chi connectivity index (χ2v) is 15.3. The van der Waals surface area contributed by atoms with Crippen molar-refractivity contribution in [1.82, 2.24) is 0 Å².